The molecule has 0 N–H and O–H groups in total. The molecule has 86 valence electrons. The number of nitrogens with zero attached hydrogens (tertiary/aromatic N) is 4. The first kappa shape index (κ1) is 10.9. The Kier molecular flexibility index (Phi) is 3.08. The summed E-state index contributed by atoms with van der Waals surface area (Å²) in [5.74, 6) is 1.79. The minimum atomic E-state index is 0.832. The van der Waals surface area contributed by atoms with Crippen molar-refractivity contribution in [2.75, 3.05) is 37.0 Å². The van der Waals surface area contributed by atoms with Crippen LogP contribution in [0, 0.1) is 0 Å². The van der Waals surface area contributed by atoms with E-state index >= 15 is 0 Å². The Bertz CT molecular complexity index is 376. The van der Waals surface area contributed by atoms with Gasteiger partial charge < -0.3 is 9.80 Å². The van der Waals surface area contributed by atoms with Gasteiger partial charge in [0.25, 0.3) is 0 Å². The van der Waals surface area contributed by atoms with Crippen molar-refractivity contribution >= 4 is 11.8 Å². The summed E-state index contributed by atoms with van der Waals surface area (Å²) in [5, 5.41) is 0. The number of hydrogen-bond acceptors (Lipinski definition) is 4. The molecule has 0 bridgehead atoms. The zero-order valence-corrected chi connectivity index (χ0v) is 9.98. The first-order valence-corrected chi connectivity index (χ1v) is 5.59. The van der Waals surface area contributed by atoms with E-state index in [4.69, 9.17) is 0 Å². The molecule has 0 unspecified atom stereocenters. The second-order valence-electron chi connectivity index (χ2n) is 4.35. The second kappa shape index (κ2) is 4.51. The largest absolute Gasteiger partial charge is 0.363 e. The third-order valence-electron chi connectivity index (χ3n) is 2.84. The second-order valence-corrected chi connectivity index (χ2v) is 4.35. The molecule has 0 atom stereocenters. The summed E-state index contributed by atoms with van der Waals surface area (Å²) in [6.07, 6.45) is 3.92. The Morgan fingerprint density at radius 2 is 2.00 bits per heavy atom. The van der Waals surface area contributed by atoms with E-state index in [0.717, 1.165) is 37.7 Å². The topological polar surface area (TPSA) is 32.3 Å². The Hall–Kier alpha value is -1.58. The fourth-order valence-electron chi connectivity index (χ4n) is 1.76. The molecule has 16 heavy (non-hydrogen) atoms. The summed E-state index contributed by atoms with van der Waals surface area (Å²) in [5.41, 5.74) is 1.33. The van der Waals surface area contributed by atoms with Gasteiger partial charge in [-0.05, 0) is 18.9 Å². The molecule has 0 aliphatic carbocycles. The molecule has 4 heteroatoms. The van der Waals surface area contributed by atoms with Crippen LogP contribution >= 0.6 is 0 Å². The maximum atomic E-state index is 4.53. The van der Waals surface area contributed by atoms with Crippen molar-refractivity contribution < 1.29 is 0 Å². The van der Waals surface area contributed by atoms with Crippen molar-refractivity contribution in [2.45, 2.75) is 12.8 Å². The molecular weight excluding hydrogens is 200 g/mol. The summed E-state index contributed by atoms with van der Waals surface area (Å²) < 4.78 is 0. The predicted octanol–water partition coefficient (Wildman–Crippen LogP) is 1.70. The predicted molar refractivity (Wildman–Crippen MR) is 66.9 cm³/mol. The van der Waals surface area contributed by atoms with Gasteiger partial charge in [-0.25, -0.2) is 4.98 Å². The molecule has 0 saturated carbocycles. The van der Waals surface area contributed by atoms with E-state index in [2.05, 4.69) is 21.4 Å². The lowest BCUT2D eigenvalue weighted by molar-refractivity contribution is 0.669. The quantitative estimate of drug-likeness (QED) is 0.707. The molecule has 1 aromatic rings. The molecule has 0 aromatic carbocycles. The Morgan fingerprint density at radius 1 is 1.31 bits per heavy atom. The van der Waals surface area contributed by atoms with Gasteiger partial charge in [0.1, 0.15) is 5.82 Å². The highest BCUT2D eigenvalue weighted by Crippen LogP contribution is 2.19. The molecule has 1 aromatic heterocycles. The van der Waals surface area contributed by atoms with Gasteiger partial charge in [-0.3, -0.25) is 0 Å². The Balaban J connectivity index is 2.14. The monoisotopic (exact) mass is 218 g/mol. The fourth-order valence-corrected chi connectivity index (χ4v) is 1.76. The lowest BCUT2D eigenvalue weighted by Gasteiger charge is -2.28. The highest BCUT2D eigenvalue weighted by Gasteiger charge is 2.15. The molecular formula is C12H18N4. The molecule has 0 radical (unpaired) electrons. The molecule has 1 saturated heterocycles. The smallest absolute Gasteiger partial charge is 0.227 e. The summed E-state index contributed by atoms with van der Waals surface area (Å²) in [4.78, 5) is 13.1. The van der Waals surface area contributed by atoms with Crippen LogP contribution in [-0.2, 0) is 0 Å². The highest BCUT2D eigenvalue weighted by atomic mass is 15.3. The van der Waals surface area contributed by atoms with E-state index in [-0.39, 0.29) is 0 Å². The molecule has 1 aliphatic rings. The van der Waals surface area contributed by atoms with Crippen LogP contribution in [0.4, 0.5) is 11.8 Å². The third kappa shape index (κ3) is 2.32. The van der Waals surface area contributed by atoms with Crippen molar-refractivity contribution in [1.82, 2.24) is 9.97 Å². The van der Waals surface area contributed by atoms with Crippen LogP contribution in [-0.4, -0.2) is 37.2 Å². The summed E-state index contributed by atoms with van der Waals surface area (Å²) in [6.45, 7) is 5.98. The van der Waals surface area contributed by atoms with E-state index in [1.165, 1.54) is 5.57 Å². The van der Waals surface area contributed by atoms with Gasteiger partial charge in [0.15, 0.2) is 0 Å². The van der Waals surface area contributed by atoms with E-state index in [1.54, 1.807) is 0 Å². The Morgan fingerprint density at radius 3 is 2.62 bits per heavy atom. The average Bonchev–Trinajstić information content (AvgIpc) is 2.30. The van der Waals surface area contributed by atoms with Crippen molar-refractivity contribution in [2.24, 2.45) is 0 Å². The molecule has 0 spiro atoms. The summed E-state index contributed by atoms with van der Waals surface area (Å²) >= 11 is 0. The minimum absolute atomic E-state index is 0.832. The summed E-state index contributed by atoms with van der Waals surface area (Å²) in [6, 6.07) is 1.92. The number of aromatic nitrogens is 2. The van der Waals surface area contributed by atoms with Gasteiger partial charge in [0.05, 0.1) is 0 Å². The normalized spacial score (nSPS) is 16.4. The van der Waals surface area contributed by atoms with E-state index in [1.807, 2.05) is 31.3 Å². The van der Waals surface area contributed by atoms with Crippen molar-refractivity contribution in [3.05, 3.63) is 24.4 Å². The van der Waals surface area contributed by atoms with Crippen LogP contribution in [0.25, 0.3) is 0 Å². The SMILES string of the molecule is C=C1CCN(c2nccc(N(C)C)n2)CC1. The van der Waals surface area contributed by atoms with E-state index < -0.39 is 0 Å². The van der Waals surface area contributed by atoms with Crippen molar-refractivity contribution in [1.29, 1.82) is 0 Å². The van der Waals surface area contributed by atoms with Crippen LogP contribution in [0.15, 0.2) is 24.4 Å². The first-order chi connectivity index (χ1) is 7.66. The number of anilines is 2. The molecule has 1 fully saturated rings. The molecule has 0 amide bonds. The average molecular weight is 218 g/mol. The van der Waals surface area contributed by atoms with Gasteiger partial charge in [-0.2, -0.15) is 4.98 Å². The zero-order chi connectivity index (χ0) is 11.5. The standard InChI is InChI=1S/C12H18N4/c1-10-5-8-16(9-6-10)12-13-7-4-11(14-12)15(2)3/h4,7H,1,5-6,8-9H2,2-3H3. The maximum Gasteiger partial charge on any atom is 0.227 e. The van der Waals surface area contributed by atoms with Crippen LogP contribution in [0.5, 0.6) is 0 Å². The number of piperidine rings is 1. The van der Waals surface area contributed by atoms with Gasteiger partial charge in [-0.1, -0.05) is 12.2 Å². The van der Waals surface area contributed by atoms with Crippen LogP contribution in [0.1, 0.15) is 12.8 Å². The van der Waals surface area contributed by atoms with Gasteiger partial charge in [0.2, 0.25) is 5.95 Å². The minimum Gasteiger partial charge on any atom is -0.363 e. The van der Waals surface area contributed by atoms with Gasteiger partial charge >= 0.3 is 0 Å². The van der Waals surface area contributed by atoms with Crippen molar-refractivity contribution in [3.63, 3.8) is 0 Å². The van der Waals surface area contributed by atoms with Crippen LogP contribution in [0.2, 0.25) is 0 Å². The van der Waals surface area contributed by atoms with Gasteiger partial charge in [0, 0.05) is 33.4 Å². The summed E-state index contributed by atoms with van der Waals surface area (Å²) in [7, 11) is 3.98. The van der Waals surface area contributed by atoms with E-state index in [0.29, 0.717) is 0 Å². The van der Waals surface area contributed by atoms with Crippen LogP contribution in [0.3, 0.4) is 0 Å². The molecule has 1 aliphatic heterocycles. The van der Waals surface area contributed by atoms with Crippen molar-refractivity contribution in [3.8, 4) is 0 Å². The van der Waals surface area contributed by atoms with Gasteiger partial charge in [-0.15, -0.1) is 0 Å². The fraction of sp³-hybridized carbons (Fsp3) is 0.500. The maximum absolute atomic E-state index is 4.53. The molecule has 2 rings (SSSR count). The third-order valence-corrected chi connectivity index (χ3v) is 2.84. The first-order valence-electron chi connectivity index (χ1n) is 5.59. The molecule has 4 nitrogen and oxygen atoms in total. The lowest BCUT2D eigenvalue weighted by Crippen LogP contribution is -2.32. The lowest BCUT2D eigenvalue weighted by atomic mass is 10.1. The van der Waals surface area contributed by atoms with E-state index in [9.17, 15) is 0 Å². The number of rotatable bonds is 2. The Labute approximate surface area is 96.6 Å². The zero-order valence-electron chi connectivity index (χ0n) is 9.98. The molecule has 2 heterocycles. The number of hydrogen-bond donors (Lipinski definition) is 0. The van der Waals surface area contributed by atoms with Crippen LogP contribution < -0.4 is 9.80 Å². The highest BCUT2D eigenvalue weighted by molar-refractivity contribution is 5.43.